The third-order valence-electron chi connectivity index (χ3n) is 6.37. The summed E-state index contributed by atoms with van der Waals surface area (Å²) in [5.41, 5.74) is 6.25. The van der Waals surface area contributed by atoms with Crippen molar-refractivity contribution in [1.29, 1.82) is 0 Å². The van der Waals surface area contributed by atoms with Gasteiger partial charge in [0.25, 0.3) is 0 Å². The molecule has 0 saturated carbocycles. The van der Waals surface area contributed by atoms with E-state index in [1.54, 1.807) is 0 Å². The average molecular weight is 329 g/mol. The van der Waals surface area contributed by atoms with Crippen molar-refractivity contribution in [3.8, 4) is 0 Å². The summed E-state index contributed by atoms with van der Waals surface area (Å²) in [6.45, 7) is 4.26. The molecule has 4 aliphatic rings. The van der Waals surface area contributed by atoms with Gasteiger partial charge in [-0.25, -0.2) is 0 Å². The predicted octanol–water partition coefficient (Wildman–Crippen LogP) is 3.28. The molecule has 2 saturated heterocycles. The van der Waals surface area contributed by atoms with E-state index in [1.807, 2.05) is 0 Å². The number of hydrogen-bond acceptors (Lipinski definition) is 3. The fourth-order valence-electron chi connectivity index (χ4n) is 5.44. The number of carbonyl (C=O) groups excluding carboxylic acids is 1. The number of para-hydroxylation sites is 1. The highest BCUT2D eigenvalue weighted by atomic mass is 35.5. The molecule has 3 heterocycles. The number of allylic oxidation sites excluding steroid dienone is 2. The van der Waals surface area contributed by atoms with E-state index < -0.39 is 0 Å². The Labute approximate surface area is 142 Å². The molecule has 0 aromatic heterocycles. The van der Waals surface area contributed by atoms with Crippen molar-refractivity contribution < 1.29 is 4.79 Å². The maximum atomic E-state index is 11.9. The van der Waals surface area contributed by atoms with Crippen LogP contribution in [0.1, 0.15) is 25.3 Å². The van der Waals surface area contributed by atoms with Crippen LogP contribution in [0.3, 0.4) is 0 Å². The van der Waals surface area contributed by atoms with Gasteiger partial charge in [0.1, 0.15) is 6.29 Å². The molecule has 1 spiro atoms. The van der Waals surface area contributed by atoms with E-state index in [2.05, 4.69) is 47.5 Å². The van der Waals surface area contributed by atoms with E-state index in [0.717, 1.165) is 37.8 Å². The fraction of sp³-hybridized carbons (Fsp3) is 0.421. The molecule has 3 nitrogen and oxygen atoms in total. The number of carbonyl (C=O) groups is 1. The largest absolute Gasteiger partial charge is 0.358 e. The Balaban J connectivity index is 0.00000135. The van der Waals surface area contributed by atoms with Gasteiger partial charge in [-0.1, -0.05) is 29.8 Å². The van der Waals surface area contributed by atoms with E-state index in [9.17, 15) is 4.79 Å². The van der Waals surface area contributed by atoms with E-state index >= 15 is 0 Å². The second-order valence-corrected chi connectivity index (χ2v) is 6.98. The lowest BCUT2D eigenvalue weighted by Crippen LogP contribution is -2.52. The molecular weight excluding hydrogens is 308 g/mol. The Bertz CT molecular complexity index is 753. The molecule has 1 N–H and O–H groups in total. The van der Waals surface area contributed by atoms with Gasteiger partial charge in [-0.2, -0.15) is 0 Å². The summed E-state index contributed by atoms with van der Waals surface area (Å²) in [6, 6.07) is 9.16. The van der Waals surface area contributed by atoms with Crippen molar-refractivity contribution in [2.75, 3.05) is 18.4 Å². The van der Waals surface area contributed by atoms with Gasteiger partial charge in [-0.15, -0.1) is 12.4 Å². The molecule has 1 aromatic carbocycles. The second-order valence-electron chi connectivity index (χ2n) is 6.98. The lowest BCUT2D eigenvalue weighted by atomic mass is 9.62. The van der Waals surface area contributed by atoms with Gasteiger partial charge in [0, 0.05) is 42.0 Å². The Kier molecular flexibility index (Phi) is 3.23. The first-order valence-corrected chi connectivity index (χ1v) is 8.25. The molecule has 1 aromatic rings. The molecule has 2 bridgehead atoms. The summed E-state index contributed by atoms with van der Waals surface area (Å²) in [5.74, 6) is 0.312. The molecule has 4 heteroatoms. The van der Waals surface area contributed by atoms with Crippen LogP contribution in [0.5, 0.6) is 0 Å². The van der Waals surface area contributed by atoms with Crippen molar-refractivity contribution in [3.63, 3.8) is 0 Å². The second kappa shape index (κ2) is 4.96. The molecular formula is C19H21ClN2O. The normalized spacial score (nSPS) is 35.4. The van der Waals surface area contributed by atoms with E-state index in [0.29, 0.717) is 12.0 Å². The minimum Gasteiger partial charge on any atom is -0.358 e. The van der Waals surface area contributed by atoms with Crippen LogP contribution in [0, 0.1) is 5.92 Å². The zero-order valence-electron chi connectivity index (χ0n) is 13.2. The maximum absolute atomic E-state index is 11.9. The Morgan fingerprint density at radius 3 is 2.96 bits per heavy atom. The Morgan fingerprint density at radius 1 is 1.35 bits per heavy atom. The van der Waals surface area contributed by atoms with Crippen molar-refractivity contribution in [2.24, 2.45) is 5.92 Å². The molecule has 23 heavy (non-hydrogen) atoms. The molecule has 3 atom stereocenters. The zero-order valence-corrected chi connectivity index (χ0v) is 14.0. The molecule has 5 rings (SSSR count). The highest BCUT2D eigenvalue weighted by molar-refractivity contribution is 5.85. The molecule has 120 valence electrons. The maximum Gasteiger partial charge on any atom is 0.148 e. The van der Waals surface area contributed by atoms with Crippen LogP contribution in [-0.2, 0) is 10.2 Å². The lowest BCUT2D eigenvalue weighted by molar-refractivity contribution is -0.105. The summed E-state index contributed by atoms with van der Waals surface area (Å²) in [5, 5.41) is 3.62. The third-order valence-corrected chi connectivity index (χ3v) is 6.37. The van der Waals surface area contributed by atoms with Crippen LogP contribution < -0.4 is 5.32 Å². The molecule has 1 aliphatic carbocycles. The summed E-state index contributed by atoms with van der Waals surface area (Å²) in [4.78, 5) is 14.6. The van der Waals surface area contributed by atoms with Gasteiger partial charge in [0.05, 0.1) is 5.41 Å². The van der Waals surface area contributed by atoms with Crippen molar-refractivity contribution in [1.82, 2.24) is 4.90 Å². The number of anilines is 1. The number of aldehydes is 1. The fourth-order valence-corrected chi connectivity index (χ4v) is 5.44. The minimum atomic E-state index is 0. The monoisotopic (exact) mass is 328 g/mol. The highest BCUT2D eigenvalue weighted by Crippen LogP contribution is 2.60. The summed E-state index contributed by atoms with van der Waals surface area (Å²) < 4.78 is 0. The van der Waals surface area contributed by atoms with Gasteiger partial charge in [0.2, 0.25) is 0 Å². The number of benzene rings is 1. The summed E-state index contributed by atoms with van der Waals surface area (Å²) in [7, 11) is 0. The van der Waals surface area contributed by atoms with Gasteiger partial charge in [-0.3, -0.25) is 9.69 Å². The molecule has 0 amide bonds. The first-order chi connectivity index (χ1) is 10.8. The van der Waals surface area contributed by atoms with E-state index in [4.69, 9.17) is 0 Å². The SMILES string of the molecule is C/C=C1/CN2CCC34C(=C(C=O)C1CC23)Nc1ccccc14.Cl. The molecule has 3 aliphatic heterocycles. The van der Waals surface area contributed by atoms with E-state index in [-0.39, 0.29) is 17.8 Å². The van der Waals surface area contributed by atoms with Crippen LogP contribution in [0.2, 0.25) is 0 Å². The topological polar surface area (TPSA) is 32.3 Å². The predicted molar refractivity (Wildman–Crippen MR) is 93.9 cm³/mol. The summed E-state index contributed by atoms with van der Waals surface area (Å²) in [6.07, 6.45) is 5.55. The average Bonchev–Trinajstić information content (AvgIpc) is 3.11. The van der Waals surface area contributed by atoms with Crippen molar-refractivity contribution >= 4 is 24.4 Å². The van der Waals surface area contributed by atoms with Gasteiger partial charge < -0.3 is 5.32 Å². The van der Waals surface area contributed by atoms with Gasteiger partial charge in [-0.05, 0) is 31.4 Å². The number of piperidine rings is 1. The van der Waals surface area contributed by atoms with Crippen molar-refractivity contribution in [3.05, 3.63) is 52.7 Å². The first kappa shape index (κ1) is 15.0. The van der Waals surface area contributed by atoms with Crippen LogP contribution in [0.25, 0.3) is 0 Å². The number of rotatable bonds is 1. The number of nitrogens with one attached hydrogen (secondary N) is 1. The third kappa shape index (κ3) is 1.62. The smallest absolute Gasteiger partial charge is 0.148 e. The van der Waals surface area contributed by atoms with Gasteiger partial charge in [0.15, 0.2) is 0 Å². The van der Waals surface area contributed by atoms with Crippen LogP contribution >= 0.6 is 12.4 Å². The van der Waals surface area contributed by atoms with Crippen molar-refractivity contribution in [2.45, 2.75) is 31.2 Å². The zero-order chi connectivity index (χ0) is 14.9. The number of hydrogen-bond donors (Lipinski definition) is 1. The standard InChI is InChI=1S/C19H20N2O.ClH/c1-2-12-10-21-8-7-19-15-5-3-4-6-16(15)20-18(19)14(11-22)13(12)9-17(19)21;/h2-6,11,13,17,20H,7-10H2,1H3;1H/b12-2-;. The molecule has 0 radical (unpaired) electrons. The number of fused-ring (bicyclic) bond motifs is 2. The quantitative estimate of drug-likeness (QED) is 0.634. The Hall–Kier alpha value is -1.58. The molecule has 2 fully saturated rings. The number of nitrogens with zero attached hydrogens (tertiary/aromatic N) is 1. The van der Waals surface area contributed by atoms with Crippen LogP contribution in [0.4, 0.5) is 5.69 Å². The number of halogens is 1. The van der Waals surface area contributed by atoms with Gasteiger partial charge >= 0.3 is 0 Å². The summed E-state index contributed by atoms with van der Waals surface area (Å²) >= 11 is 0. The Morgan fingerprint density at radius 2 is 2.17 bits per heavy atom. The minimum absolute atomic E-state index is 0. The van der Waals surface area contributed by atoms with Crippen LogP contribution in [-0.4, -0.2) is 30.3 Å². The lowest BCUT2D eigenvalue weighted by Gasteiger charge is -2.48. The first-order valence-electron chi connectivity index (χ1n) is 8.25. The van der Waals surface area contributed by atoms with E-state index in [1.165, 1.54) is 22.5 Å². The molecule has 3 unspecified atom stereocenters. The van der Waals surface area contributed by atoms with Crippen LogP contribution in [0.15, 0.2) is 47.2 Å². The highest BCUT2D eigenvalue weighted by Gasteiger charge is 2.60.